The SMILES string of the molecule is COP1(O)(OC)N[C@@H](C)C(=O)O1. The third kappa shape index (κ3) is 1.32. The molecule has 0 radical (unpaired) electrons. The van der Waals surface area contributed by atoms with Gasteiger partial charge in [-0.2, -0.15) is 0 Å². The van der Waals surface area contributed by atoms with Gasteiger partial charge in [-0.25, -0.2) is 0 Å². The Morgan fingerprint density at radius 1 is 1.58 bits per heavy atom. The van der Waals surface area contributed by atoms with Gasteiger partial charge in [0.25, 0.3) is 0 Å². The number of carbonyl (C=O) groups excluding carboxylic acids is 1. The van der Waals surface area contributed by atoms with Crippen molar-refractivity contribution in [1.29, 1.82) is 0 Å². The zero-order valence-electron chi connectivity index (χ0n) is 7.10. The predicted molar refractivity (Wildman–Crippen MR) is 41.8 cm³/mol. The average Bonchev–Trinajstić information content (AvgIpc) is 2.27. The molecule has 0 spiro atoms. The fourth-order valence-electron chi connectivity index (χ4n) is 0.895. The standard InChI is InChI=1S/C5H12NO5P/c1-4-5(7)11-12(8,6-4,9-2)10-3/h4,6,8H,1-3H3/t4-/m0/s1. The number of rotatable bonds is 2. The van der Waals surface area contributed by atoms with Crippen LogP contribution in [0.1, 0.15) is 6.92 Å². The molecular formula is C5H12NO5P. The summed E-state index contributed by atoms with van der Waals surface area (Å²) >= 11 is 0. The predicted octanol–water partition coefficient (Wildman–Crippen LogP) is -0.0653. The molecule has 0 aliphatic carbocycles. The van der Waals surface area contributed by atoms with Crippen LogP contribution >= 0.6 is 7.66 Å². The van der Waals surface area contributed by atoms with Crippen LogP contribution < -0.4 is 5.09 Å². The van der Waals surface area contributed by atoms with Gasteiger partial charge in [-0.1, -0.05) is 0 Å². The van der Waals surface area contributed by atoms with E-state index in [9.17, 15) is 9.69 Å². The molecule has 1 aliphatic heterocycles. The van der Waals surface area contributed by atoms with Crippen molar-refractivity contribution in [1.82, 2.24) is 5.09 Å². The monoisotopic (exact) mass is 197 g/mol. The Balaban J connectivity index is 2.93. The fourth-order valence-corrected chi connectivity index (χ4v) is 2.69. The van der Waals surface area contributed by atoms with E-state index in [4.69, 9.17) is 0 Å². The fraction of sp³-hybridized carbons (Fsp3) is 0.800. The van der Waals surface area contributed by atoms with E-state index >= 15 is 0 Å². The van der Waals surface area contributed by atoms with Crippen LogP contribution in [0, 0.1) is 0 Å². The zero-order valence-corrected chi connectivity index (χ0v) is 8.00. The summed E-state index contributed by atoms with van der Waals surface area (Å²) < 4.78 is 14.0. The topological polar surface area (TPSA) is 77.0 Å². The minimum atomic E-state index is -4.27. The number of hydrogen-bond donors (Lipinski definition) is 2. The van der Waals surface area contributed by atoms with Gasteiger partial charge >= 0.3 is 69.2 Å². The molecule has 0 aromatic heterocycles. The quantitative estimate of drug-likeness (QED) is 0.603. The first-order chi connectivity index (χ1) is 5.43. The molecule has 1 aliphatic rings. The van der Waals surface area contributed by atoms with Crippen molar-refractivity contribution in [2.45, 2.75) is 13.0 Å². The van der Waals surface area contributed by atoms with E-state index < -0.39 is 19.7 Å². The van der Waals surface area contributed by atoms with Crippen LogP contribution in [0.2, 0.25) is 0 Å². The van der Waals surface area contributed by atoms with Crippen LogP contribution in [0.15, 0.2) is 0 Å². The molecule has 7 heteroatoms. The molecular weight excluding hydrogens is 185 g/mol. The molecule has 1 atom stereocenters. The van der Waals surface area contributed by atoms with Gasteiger partial charge in [0.1, 0.15) is 0 Å². The van der Waals surface area contributed by atoms with E-state index in [1.165, 1.54) is 14.2 Å². The molecule has 0 saturated carbocycles. The van der Waals surface area contributed by atoms with Crippen molar-refractivity contribution in [3.63, 3.8) is 0 Å². The van der Waals surface area contributed by atoms with E-state index in [2.05, 4.69) is 18.7 Å². The molecule has 1 fully saturated rings. The normalized spacial score (nSPS) is 35.2. The Bertz CT molecular complexity index is 216. The molecule has 1 saturated heterocycles. The third-order valence-electron chi connectivity index (χ3n) is 1.66. The second kappa shape index (κ2) is 2.61. The summed E-state index contributed by atoms with van der Waals surface area (Å²) in [6.45, 7) is 1.55. The molecule has 0 unspecified atom stereocenters. The summed E-state index contributed by atoms with van der Waals surface area (Å²) in [5.74, 6) is -0.584. The van der Waals surface area contributed by atoms with Crippen LogP contribution in [-0.2, 0) is 18.4 Å². The minimum absolute atomic E-state index is 0.584. The molecule has 2 N–H and O–H groups in total. The molecule has 1 heterocycles. The Hall–Kier alpha value is -0.260. The number of carbonyl (C=O) groups is 1. The molecule has 6 nitrogen and oxygen atoms in total. The average molecular weight is 197 g/mol. The number of hydrogen-bond acceptors (Lipinski definition) is 6. The van der Waals surface area contributed by atoms with Gasteiger partial charge in [0.15, 0.2) is 0 Å². The summed E-state index contributed by atoms with van der Waals surface area (Å²) in [5, 5.41) is 2.46. The summed E-state index contributed by atoms with van der Waals surface area (Å²) in [6, 6.07) is -0.618. The second-order valence-electron chi connectivity index (χ2n) is 2.47. The van der Waals surface area contributed by atoms with Gasteiger partial charge in [-0.3, -0.25) is 0 Å². The third-order valence-corrected chi connectivity index (χ3v) is 4.27. The van der Waals surface area contributed by atoms with Crippen molar-refractivity contribution in [2.75, 3.05) is 14.2 Å². The summed E-state index contributed by atoms with van der Waals surface area (Å²) in [4.78, 5) is 20.7. The van der Waals surface area contributed by atoms with Gasteiger partial charge in [0.2, 0.25) is 0 Å². The molecule has 1 rings (SSSR count). The first kappa shape index (κ1) is 9.83. The van der Waals surface area contributed by atoms with Gasteiger partial charge in [0.05, 0.1) is 0 Å². The molecule has 72 valence electrons. The van der Waals surface area contributed by atoms with Crippen LogP contribution in [-0.4, -0.2) is 31.1 Å². The molecule has 0 aromatic carbocycles. The first-order valence-electron chi connectivity index (χ1n) is 3.35. The Morgan fingerprint density at radius 2 is 2.08 bits per heavy atom. The maximum absolute atomic E-state index is 10.9. The summed E-state index contributed by atoms with van der Waals surface area (Å²) in [5.41, 5.74) is 0. The van der Waals surface area contributed by atoms with E-state index in [0.717, 1.165) is 0 Å². The number of nitrogens with one attached hydrogen (secondary N) is 1. The molecule has 0 aromatic rings. The summed E-state index contributed by atoms with van der Waals surface area (Å²) in [7, 11) is -1.86. The van der Waals surface area contributed by atoms with E-state index in [1.54, 1.807) is 6.92 Å². The van der Waals surface area contributed by atoms with Gasteiger partial charge < -0.3 is 0 Å². The molecule has 12 heavy (non-hydrogen) atoms. The van der Waals surface area contributed by atoms with Gasteiger partial charge in [0, 0.05) is 0 Å². The van der Waals surface area contributed by atoms with Crippen molar-refractivity contribution in [3.05, 3.63) is 0 Å². The first-order valence-corrected chi connectivity index (χ1v) is 5.29. The van der Waals surface area contributed by atoms with Gasteiger partial charge in [-0.05, 0) is 0 Å². The zero-order chi connectivity index (χ0) is 9.43. The van der Waals surface area contributed by atoms with Crippen LogP contribution in [0.25, 0.3) is 0 Å². The van der Waals surface area contributed by atoms with Crippen molar-refractivity contribution in [3.8, 4) is 0 Å². The van der Waals surface area contributed by atoms with E-state index in [1.807, 2.05) is 0 Å². The summed E-state index contributed by atoms with van der Waals surface area (Å²) in [6.07, 6.45) is 0. The Labute approximate surface area is 70.1 Å². The van der Waals surface area contributed by atoms with Crippen molar-refractivity contribution in [2.24, 2.45) is 0 Å². The Morgan fingerprint density at radius 3 is 2.25 bits per heavy atom. The van der Waals surface area contributed by atoms with Crippen LogP contribution in [0.3, 0.4) is 0 Å². The maximum atomic E-state index is 10.9. The van der Waals surface area contributed by atoms with Crippen molar-refractivity contribution < 1.29 is 23.3 Å². The Kier molecular flexibility index (Phi) is 2.14. The van der Waals surface area contributed by atoms with Crippen LogP contribution in [0.4, 0.5) is 0 Å². The second-order valence-corrected chi connectivity index (χ2v) is 5.32. The van der Waals surface area contributed by atoms with E-state index in [0.29, 0.717) is 0 Å². The molecule has 0 bridgehead atoms. The van der Waals surface area contributed by atoms with E-state index in [-0.39, 0.29) is 0 Å². The van der Waals surface area contributed by atoms with Crippen molar-refractivity contribution >= 4 is 13.6 Å². The van der Waals surface area contributed by atoms with Gasteiger partial charge in [-0.15, -0.1) is 0 Å². The molecule has 0 amide bonds. The van der Waals surface area contributed by atoms with Crippen LogP contribution in [0.5, 0.6) is 0 Å².